The van der Waals surface area contributed by atoms with Gasteiger partial charge in [-0.25, -0.2) is 0 Å². The first kappa shape index (κ1) is 14.4. The van der Waals surface area contributed by atoms with Crippen LogP contribution in [-0.2, 0) is 16.0 Å². The Morgan fingerprint density at radius 2 is 2.11 bits per heavy atom. The van der Waals surface area contributed by atoms with Crippen LogP contribution in [0.5, 0.6) is 0 Å². The minimum atomic E-state index is -0.137. The number of hydrogen-bond acceptors (Lipinski definition) is 3. The molecule has 0 aromatic heterocycles. The van der Waals surface area contributed by atoms with E-state index in [1.165, 1.54) is 6.92 Å². The van der Waals surface area contributed by atoms with Gasteiger partial charge in [0.05, 0.1) is 0 Å². The number of Topliss-reactive ketones (excluding diaryl/α,β-unsaturated/α-hetero) is 1. The maximum atomic E-state index is 11.7. The third-order valence-corrected chi connectivity index (χ3v) is 2.82. The molecule has 4 heteroatoms. The number of carbonyl (C=O) groups excluding carboxylic acids is 2. The van der Waals surface area contributed by atoms with Gasteiger partial charge in [0.15, 0.2) is 0 Å². The Hall–Kier alpha value is -1.68. The summed E-state index contributed by atoms with van der Waals surface area (Å²) >= 11 is 0. The van der Waals surface area contributed by atoms with E-state index in [9.17, 15) is 9.59 Å². The van der Waals surface area contributed by atoms with Gasteiger partial charge in [-0.1, -0.05) is 19.1 Å². The van der Waals surface area contributed by atoms with Crippen molar-refractivity contribution in [3.8, 4) is 0 Å². The van der Waals surface area contributed by atoms with Crippen molar-refractivity contribution < 1.29 is 9.59 Å². The van der Waals surface area contributed by atoms with E-state index in [1.54, 1.807) is 0 Å². The summed E-state index contributed by atoms with van der Waals surface area (Å²) in [4.78, 5) is 22.6. The van der Waals surface area contributed by atoms with Gasteiger partial charge in [-0.05, 0) is 24.1 Å². The zero-order valence-electron chi connectivity index (χ0n) is 10.9. The van der Waals surface area contributed by atoms with Crippen LogP contribution in [0.3, 0.4) is 0 Å². The molecule has 1 atom stereocenters. The number of nitrogens with two attached hydrogens (primary N) is 1. The third kappa shape index (κ3) is 4.30. The summed E-state index contributed by atoms with van der Waals surface area (Å²) in [7, 11) is 0. The summed E-state index contributed by atoms with van der Waals surface area (Å²) in [6, 6.07) is 7.51. The van der Waals surface area contributed by atoms with Crippen LogP contribution in [0.2, 0.25) is 0 Å². The maximum absolute atomic E-state index is 11.7. The zero-order chi connectivity index (χ0) is 13.5. The van der Waals surface area contributed by atoms with Gasteiger partial charge < -0.3 is 11.1 Å². The van der Waals surface area contributed by atoms with Crippen LogP contribution in [0.4, 0.5) is 5.69 Å². The summed E-state index contributed by atoms with van der Waals surface area (Å²) in [5.74, 6) is -0.0582. The minimum absolute atomic E-state index is 0.104. The van der Waals surface area contributed by atoms with Crippen molar-refractivity contribution in [1.82, 2.24) is 0 Å². The van der Waals surface area contributed by atoms with Crippen molar-refractivity contribution >= 4 is 17.4 Å². The Labute approximate surface area is 108 Å². The molecule has 0 spiro atoms. The highest BCUT2D eigenvalue weighted by Gasteiger charge is 2.15. The molecule has 3 N–H and O–H groups in total. The van der Waals surface area contributed by atoms with Crippen molar-refractivity contribution in [2.45, 2.75) is 26.7 Å². The SMILES string of the molecule is CCC(=O)C(CN)Cc1cccc(NC(C)=O)c1. The molecule has 1 unspecified atom stereocenters. The number of hydrogen-bond donors (Lipinski definition) is 2. The van der Waals surface area contributed by atoms with Crippen LogP contribution >= 0.6 is 0 Å². The molecule has 0 heterocycles. The lowest BCUT2D eigenvalue weighted by Gasteiger charge is -2.13. The van der Waals surface area contributed by atoms with Crippen LogP contribution in [0.1, 0.15) is 25.8 Å². The zero-order valence-corrected chi connectivity index (χ0v) is 10.9. The fourth-order valence-corrected chi connectivity index (χ4v) is 1.88. The first-order valence-electron chi connectivity index (χ1n) is 6.16. The summed E-state index contributed by atoms with van der Waals surface area (Å²) in [6.07, 6.45) is 1.13. The summed E-state index contributed by atoms with van der Waals surface area (Å²) in [5.41, 5.74) is 7.39. The highest BCUT2D eigenvalue weighted by Crippen LogP contribution is 2.15. The summed E-state index contributed by atoms with van der Waals surface area (Å²) < 4.78 is 0. The Balaban J connectivity index is 2.77. The van der Waals surface area contributed by atoms with Crippen molar-refractivity contribution in [3.05, 3.63) is 29.8 Å². The maximum Gasteiger partial charge on any atom is 0.221 e. The van der Waals surface area contributed by atoms with E-state index < -0.39 is 0 Å². The molecule has 0 aliphatic rings. The molecule has 0 saturated heterocycles. The molecular formula is C14H20N2O2. The molecule has 0 aliphatic carbocycles. The number of ketones is 1. The molecule has 0 fully saturated rings. The van der Waals surface area contributed by atoms with Gasteiger partial charge in [-0.2, -0.15) is 0 Å². The summed E-state index contributed by atoms with van der Waals surface area (Å²) in [5, 5.41) is 2.72. The Kier molecular flexibility index (Phi) is 5.52. The third-order valence-electron chi connectivity index (χ3n) is 2.82. The minimum Gasteiger partial charge on any atom is -0.330 e. The average molecular weight is 248 g/mol. The van der Waals surface area contributed by atoms with Gasteiger partial charge in [-0.15, -0.1) is 0 Å². The van der Waals surface area contributed by atoms with Gasteiger partial charge >= 0.3 is 0 Å². The monoisotopic (exact) mass is 248 g/mol. The Bertz CT molecular complexity index is 430. The molecule has 1 aromatic carbocycles. The van der Waals surface area contributed by atoms with E-state index in [1.807, 2.05) is 31.2 Å². The molecule has 1 rings (SSSR count). The Morgan fingerprint density at radius 3 is 2.67 bits per heavy atom. The highest BCUT2D eigenvalue weighted by molar-refractivity contribution is 5.88. The molecule has 0 radical (unpaired) electrons. The van der Waals surface area contributed by atoms with Gasteiger partial charge in [0.1, 0.15) is 5.78 Å². The van der Waals surface area contributed by atoms with E-state index in [2.05, 4.69) is 5.32 Å². The summed E-state index contributed by atoms with van der Waals surface area (Å²) in [6.45, 7) is 3.67. The number of anilines is 1. The second-order valence-corrected chi connectivity index (χ2v) is 4.34. The predicted octanol–water partition coefficient (Wildman–Crippen LogP) is 1.74. The van der Waals surface area contributed by atoms with Gasteiger partial charge in [0.2, 0.25) is 5.91 Å². The van der Waals surface area contributed by atoms with Crippen molar-refractivity contribution in [1.29, 1.82) is 0 Å². The molecule has 1 aromatic rings. The number of benzene rings is 1. The second kappa shape index (κ2) is 6.91. The molecule has 1 amide bonds. The Morgan fingerprint density at radius 1 is 1.39 bits per heavy atom. The number of rotatable bonds is 6. The lowest BCUT2D eigenvalue weighted by molar-refractivity contribution is -0.122. The fraction of sp³-hybridized carbons (Fsp3) is 0.429. The van der Waals surface area contributed by atoms with Crippen LogP contribution in [0.25, 0.3) is 0 Å². The van der Waals surface area contributed by atoms with Crippen LogP contribution < -0.4 is 11.1 Å². The molecule has 4 nitrogen and oxygen atoms in total. The van der Waals surface area contributed by atoms with Gasteiger partial charge in [0, 0.05) is 31.5 Å². The number of nitrogens with one attached hydrogen (secondary N) is 1. The largest absolute Gasteiger partial charge is 0.330 e. The lowest BCUT2D eigenvalue weighted by Crippen LogP contribution is -2.25. The lowest BCUT2D eigenvalue weighted by atomic mass is 9.94. The highest BCUT2D eigenvalue weighted by atomic mass is 16.1. The molecule has 18 heavy (non-hydrogen) atoms. The molecule has 98 valence electrons. The van der Waals surface area contributed by atoms with Crippen molar-refractivity contribution in [2.75, 3.05) is 11.9 Å². The smallest absolute Gasteiger partial charge is 0.221 e. The predicted molar refractivity (Wildman–Crippen MR) is 72.3 cm³/mol. The normalized spacial score (nSPS) is 11.9. The standard InChI is InChI=1S/C14H20N2O2/c1-3-14(18)12(9-15)7-11-5-4-6-13(8-11)16-10(2)17/h4-6,8,12H,3,7,9,15H2,1-2H3,(H,16,17). The van der Waals surface area contributed by atoms with E-state index in [0.29, 0.717) is 19.4 Å². The van der Waals surface area contributed by atoms with E-state index >= 15 is 0 Å². The molecule has 0 aliphatic heterocycles. The molecule has 0 saturated carbocycles. The first-order valence-corrected chi connectivity index (χ1v) is 6.16. The topological polar surface area (TPSA) is 72.2 Å². The quantitative estimate of drug-likeness (QED) is 0.805. The van der Waals surface area contributed by atoms with Crippen molar-refractivity contribution in [3.63, 3.8) is 0 Å². The van der Waals surface area contributed by atoms with Crippen LogP contribution in [0.15, 0.2) is 24.3 Å². The second-order valence-electron chi connectivity index (χ2n) is 4.34. The molecule has 0 bridgehead atoms. The van der Waals surface area contributed by atoms with Gasteiger partial charge in [-0.3, -0.25) is 9.59 Å². The molecular weight excluding hydrogens is 228 g/mol. The van der Waals surface area contributed by atoms with E-state index in [-0.39, 0.29) is 17.6 Å². The first-order chi connectivity index (χ1) is 8.56. The number of carbonyl (C=O) groups is 2. The van der Waals surface area contributed by atoms with Crippen LogP contribution in [-0.4, -0.2) is 18.2 Å². The van der Waals surface area contributed by atoms with E-state index in [4.69, 9.17) is 5.73 Å². The fourth-order valence-electron chi connectivity index (χ4n) is 1.88. The van der Waals surface area contributed by atoms with Crippen molar-refractivity contribution in [2.24, 2.45) is 11.7 Å². The van der Waals surface area contributed by atoms with Crippen LogP contribution in [0, 0.1) is 5.92 Å². The van der Waals surface area contributed by atoms with Gasteiger partial charge in [0.25, 0.3) is 0 Å². The van der Waals surface area contributed by atoms with E-state index in [0.717, 1.165) is 11.3 Å². The number of amides is 1. The average Bonchev–Trinajstić information content (AvgIpc) is 2.34.